The molecule has 1 rings (SSSR count). The number of hydrogen-bond acceptors (Lipinski definition) is 2. The molecule has 0 saturated carbocycles. The lowest BCUT2D eigenvalue weighted by atomic mass is 10.2. The Balaban J connectivity index is 2.79. The normalized spacial score (nSPS) is 10.7. The summed E-state index contributed by atoms with van der Waals surface area (Å²) in [6.07, 6.45) is -4.62. The first-order valence-electron chi connectivity index (χ1n) is 3.73. The number of alkyl halides is 3. The Kier molecular flexibility index (Phi) is 2.97. The summed E-state index contributed by atoms with van der Waals surface area (Å²) in [6, 6.07) is 7.19. The van der Waals surface area contributed by atoms with E-state index in [-0.39, 0.29) is 12.2 Å². The Morgan fingerprint density at radius 1 is 1.36 bits per heavy atom. The van der Waals surface area contributed by atoms with Crippen LogP contribution in [0.25, 0.3) is 0 Å². The third kappa shape index (κ3) is 3.35. The number of halogens is 3. The van der Waals surface area contributed by atoms with Crippen LogP contribution in [-0.2, 0) is 6.42 Å². The maximum atomic E-state index is 11.8. The molecule has 0 aliphatic carbocycles. The Bertz CT molecular complexity index is 354. The van der Waals surface area contributed by atoms with Gasteiger partial charge in [-0.05, 0) is 17.7 Å². The molecule has 0 bridgehead atoms. The number of ether oxygens (including phenoxy) is 1. The van der Waals surface area contributed by atoms with Crippen LogP contribution in [0.1, 0.15) is 5.56 Å². The van der Waals surface area contributed by atoms with Crippen molar-refractivity contribution >= 4 is 0 Å². The fourth-order valence-electron chi connectivity index (χ4n) is 0.944. The highest BCUT2D eigenvalue weighted by atomic mass is 19.4. The average Bonchev–Trinajstić information content (AvgIpc) is 2.02. The van der Waals surface area contributed by atoms with Gasteiger partial charge in [-0.2, -0.15) is 5.26 Å². The van der Waals surface area contributed by atoms with Crippen LogP contribution >= 0.6 is 0 Å². The maximum Gasteiger partial charge on any atom is 0.573 e. The minimum Gasteiger partial charge on any atom is -0.406 e. The topological polar surface area (TPSA) is 33.0 Å². The summed E-state index contributed by atoms with van der Waals surface area (Å²) in [5.74, 6) is -0.301. The Morgan fingerprint density at radius 3 is 2.64 bits per heavy atom. The molecule has 0 radical (unpaired) electrons. The Labute approximate surface area is 78.5 Å². The lowest BCUT2D eigenvalue weighted by molar-refractivity contribution is -0.274. The van der Waals surface area contributed by atoms with Gasteiger partial charge in [0.15, 0.2) is 0 Å². The molecule has 14 heavy (non-hydrogen) atoms. The lowest BCUT2D eigenvalue weighted by Crippen LogP contribution is -2.17. The van der Waals surface area contributed by atoms with E-state index in [9.17, 15) is 13.2 Å². The molecule has 0 atom stereocenters. The third-order valence-electron chi connectivity index (χ3n) is 1.42. The first kappa shape index (κ1) is 10.4. The molecule has 0 saturated heterocycles. The quantitative estimate of drug-likeness (QED) is 0.736. The van der Waals surface area contributed by atoms with Gasteiger partial charge in [-0.15, -0.1) is 13.2 Å². The van der Waals surface area contributed by atoms with E-state index in [0.717, 1.165) is 0 Å². The first-order valence-corrected chi connectivity index (χ1v) is 3.73. The maximum absolute atomic E-state index is 11.8. The minimum absolute atomic E-state index is 0.0645. The van der Waals surface area contributed by atoms with Crippen LogP contribution in [0.3, 0.4) is 0 Å². The standard InChI is InChI=1S/C9H6F3NO/c10-9(11,12)14-8-3-1-2-7(6-8)4-5-13/h1-3,6H,4H2. The molecular formula is C9H6F3NO. The van der Waals surface area contributed by atoms with E-state index >= 15 is 0 Å². The van der Waals surface area contributed by atoms with Gasteiger partial charge in [-0.3, -0.25) is 0 Å². The van der Waals surface area contributed by atoms with E-state index in [1.54, 1.807) is 6.07 Å². The van der Waals surface area contributed by atoms with Crippen molar-refractivity contribution in [2.75, 3.05) is 0 Å². The zero-order chi connectivity index (χ0) is 10.6. The van der Waals surface area contributed by atoms with Crippen molar-refractivity contribution in [2.45, 2.75) is 12.8 Å². The number of nitriles is 1. The second-order valence-electron chi connectivity index (χ2n) is 2.53. The van der Waals surface area contributed by atoms with E-state index in [0.29, 0.717) is 5.56 Å². The summed E-state index contributed by atoms with van der Waals surface area (Å²) < 4.78 is 39.0. The van der Waals surface area contributed by atoms with Gasteiger partial charge >= 0.3 is 6.36 Å². The highest BCUT2D eigenvalue weighted by Crippen LogP contribution is 2.23. The zero-order valence-corrected chi connectivity index (χ0v) is 7.01. The van der Waals surface area contributed by atoms with E-state index in [4.69, 9.17) is 5.26 Å². The van der Waals surface area contributed by atoms with Crippen LogP contribution in [0.5, 0.6) is 5.75 Å². The SMILES string of the molecule is N#CCc1cccc(OC(F)(F)F)c1. The van der Waals surface area contributed by atoms with Crippen molar-refractivity contribution in [3.63, 3.8) is 0 Å². The molecule has 0 fully saturated rings. The van der Waals surface area contributed by atoms with Gasteiger partial charge in [-0.1, -0.05) is 12.1 Å². The minimum atomic E-state index is -4.69. The molecule has 0 unspecified atom stereocenters. The monoisotopic (exact) mass is 201 g/mol. The molecule has 1 aromatic rings. The fourth-order valence-corrected chi connectivity index (χ4v) is 0.944. The molecule has 1 aromatic carbocycles. The molecule has 74 valence electrons. The van der Waals surface area contributed by atoms with Gasteiger partial charge in [0.05, 0.1) is 12.5 Å². The molecule has 0 heterocycles. The van der Waals surface area contributed by atoms with Crippen LogP contribution in [0, 0.1) is 11.3 Å². The van der Waals surface area contributed by atoms with Crippen molar-refractivity contribution in [1.82, 2.24) is 0 Å². The van der Waals surface area contributed by atoms with Crippen molar-refractivity contribution in [3.05, 3.63) is 29.8 Å². The van der Waals surface area contributed by atoms with Crippen molar-refractivity contribution in [3.8, 4) is 11.8 Å². The Hall–Kier alpha value is -1.70. The fraction of sp³-hybridized carbons (Fsp3) is 0.222. The second-order valence-corrected chi connectivity index (χ2v) is 2.53. The molecule has 0 spiro atoms. The van der Waals surface area contributed by atoms with Crippen molar-refractivity contribution in [1.29, 1.82) is 5.26 Å². The van der Waals surface area contributed by atoms with Gasteiger partial charge in [0.1, 0.15) is 5.75 Å². The van der Waals surface area contributed by atoms with Gasteiger partial charge < -0.3 is 4.74 Å². The molecular weight excluding hydrogens is 195 g/mol. The summed E-state index contributed by atoms with van der Waals surface area (Å²) in [6.45, 7) is 0. The molecule has 0 amide bonds. The predicted molar refractivity (Wildman–Crippen MR) is 42.4 cm³/mol. The van der Waals surface area contributed by atoms with Crippen LogP contribution in [-0.4, -0.2) is 6.36 Å². The van der Waals surface area contributed by atoms with E-state index in [2.05, 4.69) is 4.74 Å². The van der Waals surface area contributed by atoms with Crippen LogP contribution < -0.4 is 4.74 Å². The molecule has 5 heteroatoms. The summed E-state index contributed by atoms with van der Waals surface area (Å²) in [4.78, 5) is 0. The summed E-state index contributed by atoms with van der Waals surface area (Å²) in [5, 5.41) is 8.33. The number of hydrogen-bond donors (Lipinski definition) is 0. The number of nitrogens with zero attached hydrogens (tertiary/aromatic N) is 1. The highest BCUT2D eigenvalue weighted by molar-refractivity contribution is 5.30. The van der Waals surface area contributed by atoms with Crippen LogP contribution in [0.15, 0.2) is 24.3 Å². The van der Waals surface area contributed by atoms with Crippen LogP contribution in [0.4, 0.5) is 13.2 Å². The van der Waals surface area contributed by atoms with E-state index in [1.165, 1.54) is 18.2 Å². The molecule has 0 aliphatic heterocycles. The summed E-state index contributed by atoms with van der Waals surface area (Å²) >= 11 is 0. The van der Waals surface area contributed by atoms with Crippen molar-refractivity contribution < 1.29 is 17.9 Å². The van der Waals surface area contributed by atoms with Crippen molar-refractivity contribution in [2.24, 2.45) is 0 Å². The summed E-state index contributed by atoms with van der Waals surface area (Å²) in [5.41, 5.74) is 0.495. The van der Waals surface area contributed by atoms with E-state index in [1.807, 2.05) is 6.07 Å². The van der Waals surface area contributed by atoms with E-state index < -0.39 is 6.36 Å². The molecule has 0 N–H and O–H groups in total. The first-order chi connectivity index (χ1) is 6.51. The second kappa shape index (κ2) is 4.01. The molecule has 2 nitrogen and oxygen atoms in total. The van der Waals surface area contributed by atoms with Gasteiger partial charge in [0, 0.05) is 0 Å². The number of benzene rings is 1. The summed E-state index contributed by atoms with van der Waals surface area (Å²) in [7, 11) is 0. The largest absolute Gasteiger partial charge is 0.573 e. The lowest BCUT2D eigenvalue weighted by Gasteiger charge is -2.08. The molecule has 0 aromatic heterocycles. The smallest absolute Gasteiger partial charge is 0.406 e. The van der Waals surface area contributed by atoms with Gasteiger partial charge in [0.25, 0.3) is 0 Å². The Morgan fingerprint density at radius 2 is 2.07 bits per heavy atom. The molecule has 0 aliphatic rings. The third-order valence-corrected chi connectivity index (χ3v) is 1.42. The number of rotatable bonds is 2. The highest BCUT2D eigenvalue weighted by Gasteiger charge is 2.30. The van der Waals surface area contributed by atoms with Gasteiger partial charge in [0.2, 0.25) is 0 Å². The predicted octanol–water partition coefficient (Wildman–Crippen LogP) is 2.65. The zero-order valence-electron chi connectivity index (χ0n) is 7.01. The van der Waals surface area contributed by atoms with Gasteiger partial charge in [-0.25, -0.2) is 0 Å². The van der Waals surface area contributed by atoms with Crippen LogP contribution in [0.2, 0.25) is 0 Å². The average molecular weight is 201 g/mol.